The lowest BCUT2D eigenvalue weighted by molar-refractivity contribution is -0.118. The Morgan fingerprint density at radius 3 is 1.86 bits per heavy atom. The third kappa shape index (κ3) is 12.6. The van der Waals surface area contributed by atoms with Crippen molar-refractivity contribution in [1.82, 2.24) is 10.9 Å². The minimum atomic E-state index is -0.0860. The normalized spacial score (nSPS) is 10.9. The molecule has 0 atom stereocenters. The maximum Gasteiger partial charge on any atom is 0.260 e. The highest BCUT2D eigenvalue weighted by molar-refractivity contribution is 5.92. The Bertz CT molecular complexity index is 274. The molecule has 3 heteroatoms. The van der Waals surface area contributed by atoms with E-state index in [1.807, 2.05) is 13.8 Å². The van der Waals surface area contributed by atoms with Crippen LogP contribution in [0.15, 0.2) is 12.2 Å². The van der Waals surface area contributed by atoms with Gasteiger partial charge >= 0.3 is 0 Å². The van der Waals surface area contributed by atoms with E-state index in [1.165, 1.54) is 57.8 Å². The summed E-state index contributed by atoms with van der Waals surface area (Å²) in [4.78, 5) is 11.6. The Kier molecular flexibility index (Phi) is 13.6. The summed E-state index contributed by atoms with van der Waals surface area (Å²) in [6.07, 6.45) is 13.3. The summed E-state index contributed by atoms with van der Waals surface area (Å²) in [6, 6.07) is 0. The predicted molar refractivity (Wildman–Crippen MR) is 92.0 cm³/mol. The van der Waals surface area contributed by atoms with Gasteiger partial charge in [0, 0.05) is 12.1 Å². The standard InChI is InChI=1S/C18H36N2O/c1-5-6-7-8-9-10-11-12-13-14-15-19-20-18(21)17(4)16(2)3/h16,19H,4-15H2,1-3H3,(H,20,21). The number of hydrogen-bond acceptors (Lipinski definition) is 2. The number of hydrazine groups is 1. The molecule has 0 spiro atoms. The SMILES string of the molecule is C=C(C(=O)NNCCCCCCCCCCCC)C(C)C. The highest BCUT2D eigenvalue weighted by Gasteiger charge is 2.09. The van der Waals surface area contributed by atoms with Crippen LogP contribution in [0.4, 0.5) is 0 Å². The van der Waals surface area contributed by atoms with E-state index < -0.39 is 0 Å². The largest absolute Gasteiger partial charge is 0.288 e. The first-order valence-corrected chi connectivity index (χ1v) is 8.81. The second-order valence-electron chi connectivity index (χ2n) is 6.24. The molecule has 0 aromatic carbocycles. The molecule has 3 nitrogen and oxygen atoms in total. The Morgan fingerprint density at radius 2 is 1.38 bits per heavy atom. The van der Waals surface area contributed by atoms with Crippen LogP contribution in [0.3, 0.4) is 0 Å². The average Bonchev–Trinajstić information content (AvgIpc) is 2.47. The lowest BCUT2D eigenvalue weighted by Gasteiger charge is -2.11. The van der Waals surface area contributed by atoms with Crippen molar-refractivity contribution in [3.63, 3.8) is 0 Å². The summed E-state index contributed by atoms with van der Waals surface area (Å²) >= 11 is 0. The summed E-state index contributed by atoms with van der Waals surface area (Å²) in [5, 5.41) is 0. The fraction of sp³-hybridized carbons (Fsp3) is 0.833. The van der Waals surface area contributed by atoms with Gasteiger partial charge in [-0.05, 0) is 12.3 Å². The molecular formula is C18H36N2O. The van der Waals surface area contributed by atoms with Gasteiger partial charge in [0.1, 0.15) is 0 Å². The molecule has 0 aliphatic rings. The predicted octanol–water partition coefficient (Wildman–Crippen LogP) is 4.74. The molecule has 0 rings (SSSR count). The minimum Gasteiger partial charge on any atom is -0.288 e. The van der Waals surface area contributed by atoms with Crippen molar-refractivity contribution < 1.29 is 4.79 Å². The molecular weight excluding hydrogens is 260 g/mol. The van der Waals surface area contributed by atoms with Gasteiger partial charge in [0.05, 0.1) is 0 Å². The maximum absolute atomic E-state index is 11.6. The molecule has 2 N–H and O–H groups in total. The van der Waals surface area contributed by atoms with E-state index >= 15 is 0 Å². The number of unbranched alkanes of at least 4 members (excludes halogenated alkanes) is 9. The second-order valence-corrected chi connectivity index (χ2v) is 6.24. The van der Waals surface area contributed by atoms with Crippen LogP contribution in [0.1, 0.15) is 85.0 Å². The van der Waals surface area contributed by atoms with Gasteiger partial charge in [-0.25, -0.2) is 5.43 Å². The highest BCUT2D eigenvalue weighted by atomic mass is 16.2. The van der Waals surface area contributed by atoms with Gasteiger partial charge in [-0.2, -0.15) is 0 Å². The van der Waals surface area contributed by atoms with Crippen LogP contribution in [0.5, 0.6) is 0 Å². The van der Waals surface area contributed by atoms with Crippen LogP contribution in [0.25, 0.3) is 0 Å². The topological polar surface area (TPSA) is 41.1 Å². The van der Waals surface area contributed by atoms with E-state index in [-0.39, 0.29) is 11.8 Å². The van der Waals surface area contributed by atoms with Crippen molar-refractivity contribution in [3.8, 4) is 0 Å². The van der Waals surface area contributed by atoms with Crippen molar-refractivity contribution in [2.45, 2.75) is 85.0 Å². The lowest BCUT2D eigenvalue weighted by Crippen LogP contribution is -2.39. The molecule has 0 aliphatic heterocycles. The molecule has 124 valence electrons. The molecule has 21 heavy (non-hydrogen) atoms. The smallest absolute Gasteiger partial charge is 0.260 e. The average molecular weight is 296 g/mol. The van der Waals surface area contributed by atoms with Crippen LogP contribution in [-0.4, -0.2) is 12.5 Å². The van der Waals surface area contributed by atoms with E-state index in [4.69, 9.17) is 0 Å². The molecule has 0 bridgehead atoms. The summed E-state index contributed by atoms with van der Waals surface area (Å²) in [7, 11) is 0. The van der Waals surface area contributed by atoms with E-state index in [9.17, 15) is 4.79 Å². The third-order valence-electron chi connectivity index (χ3n) is 3.85. The van der Waals surface area contributed by atoms with Crippen LogP contribution >= 0.6 is 0 Å². The molecule has 0 aromatic rings. The molecule has 0 saturated heterocycles. The summed E-state index contributed by atoms with van der Waals surface area (Å²) in [6.45, 7) is 10.8. The second kappa shape index (κ2) is 14.1. The van der Waals surface area contributed by atoms with Crippen LogP contribution < -0.4 is 10.9 Å². The quantitative estimate of drug-likeness (QED) is 0.276. The van der Waals surface area contributed by atoms with E-state index in [1.54, 1.807) is 0 Å². The summed E-state index contributed by atoms with van der Waals surface area (Å²) in [5.41, 5.74) is 6.32. The number of carbonyl (C=O) groups is 1. The molecule has 0 unspecified atom stereocenters. The van der Waals surface area contributed by atoms with Crippen molar-refractivity contribution >= 4 is 5.91 Å². The van der Waals surface area contributed by atoms with Crippen molar-refractivity contribution in [2.75, 3.05) is 6.54 Å². The van der Waals surface area contributed by atoms with Gasteiger partial charge in [-0.15, -0.1) is 0 Å². The first kappa shape index (κ1) is 20.2. The van der Waals surface area contributed by atoms with Crippen LogP contribution in [-0.2, 0) is 4.79 Å². The first-order valence-electron chi connectivity index (χ1n) is 8.81. The van der Waals surface area contributed by atoms with Gasteiger partial charge in [0.15, 0.2) is 0 Å². The van der Waals surface area contributed by atoms with E-state index in [0.29, 0.717) is 5.57 Å². The Labute approximate surface area is 131 Å². The number of amides is 1. The Hall–Kier alpha value is -0.830. The lowest BCUT2D eigenvalue weighted by atomic mass is 10.1. The molecule has 0 aliphatic carbocycles. The summed E-state index contributed by atoms with van der Waals surface area (Å²) in [5.74, 6) is 0.112. The van der Waals surface area contributed by atoms with Crippen molar-refractivity contribution in [3.05, 3.63) is 12.2 Å². The maximum atomic E-state index is 11.6. The molecule has 0 radical (unpaired) electrons. The zero-order valence-electron chi connectivity index (χ0n) is 14.5. The van der Waals surface area contributed by atoms with Crippen LogP contribution in [0, 0.1) is 5.92 Å². The first-order chi connectivity index (χ1) is 10.1. The zero-order chi connectivity index (χ0) is 15.9. The molecule has 1 amide bonds. The van der Waals surface area contributed by atoms with Gasteiger partial charge < -0.3 is 0 Å². The molecule has 0 aromatic heterocycles. The Balaban J connectivity index is 3.22. The molecule has 0 fully saturated rings. The molecule has 0 heterocycles. The highest BCUT2D eigenvalue weighted by Crippen LogP contribution is 2.10. The number of nitrogens with one attached hydrogen (secondary N) is 2. The minimum absolute atomic E-state index is 0.0860. The Morgan fingerprint density at radius 1 is 0.905 bits per heavy atom. The van der Waals surface area contributed by atoms with Gasteiger partial charge in [0.2, 0.25) is 0 Å². The number of hydrogen-bond donors (Lipinski definition) is 2. The molecule has 0 saturated carbocycles. The number of rotatable bonds is 14. The van der Waals surface area contributed by atoms with Gasteiger partial charge in [-0.1, -0.05) is 85.1 Å². The van der Waals surface area contributed by atoms with Gasteiger partial charge in [-0.3, -0.25) is 10.2 Å². The fourth-order valence-corrected chi connectivity index (χ4v) is 2.19. The van der Waals surface area contributed by atoms with Crippen molar-refractivity contribution in [1.29, 1.82) is 0 Å². The summed E-state index contributed by atoms with van der Waals surface area (Å²) < 4.78 is 0. The number of carbonyl (C=O) groups excluding carboxylic acids is 1. The zero-order valence-corrected chi connectivity index (χ0v) is 14.5. The van der Waals surface area contributed by atoms with E-state index in [0.717, 1.165) is 13.0 Å². The fourth-order valence-electron chi connectivity index (χ4n) is 2.19. The van der Waals surface area contributed by atoms with Crippen molar-refractivity contribution in [2.24, 2.45) is 5.92 Å². The van der Waals surface area contributed by atoms with Gasteiger partial charge in [0.25, 0.3) is 5.91 Å². The van der Waals surface area contributed by atoms with E-state index in [2.05, 4.69) is 24.4 Å². The van der Waals surface area contributed by atoms with Crippen LogP contribution in [0.2, 0.25) is 0 Å². The third-order valence-corrected chi connectivity index (χ3v) is 3.85. The monoisotopic (exact) mass is 296 g/mol.